The number of nitrogens with zero attached hydrogens (tertiary/aromatic N) is 2. The van der Waals surface area contributed by atoms with Crippen LogP contribution in [0.1, 0.15) is 36.3 Å². The first-order valence-electron chi connectivity index (χ1n) is 10.3. The van der Waals surface area contributed by atoms with Gasteiger partial charge in [-0.2, -0.15) is 0 Å². The number of hydrogen-bond acceptors (Lipinski definition) is 5. The normalized spacial score (nSPS) is 12.0. The quantitative estimate of drug-likeness (QED) is 0.354. The summed E-state index contributed by atoms with van der Waals surface area (Å²) in [5.74, 6) is 0.389. The second-order valence-corrected chi connectivity index (χ2v) is 7.49. The number of benzene rings is 2. The standard InChI is InChI=1S/C24H25N5O2/c1-3-15(2)27-24-26-13-18-11-16(7-9-21(18)29-24)20-12-19(8-6-17(20)14-30)28-23(31)22-5-4-10-25-22/h4-13,15,25,30H,3,14H2,1-2H3,(H,28,31)(H,26,27,29)/t15-/m0/s1. The van der Waals surface area contributed by atoms with Gasteiger partial charge in [-0.25, -0.2) is 9.97 Å². The van der Waals surface area contributed by atoms with Crippen molar-refractivity contribution in [3.8, 4) is 11.1 Å². The third-order valence-electron chi connectivity index (χ3n) is 5.26. The number of nitrogens with one attached hydrogen (secondary N) is 3. The Labute approximate surface area is 180 Å². The van der Waals surface area contributed by atoms with Crippen LogP contribution in [0.15, 0.2) is 60.9 Å². The van der Waals surface area contributed by atoms with Gasteiger partial charge in [0, 0.05) is 29.5 Å². The second kappa shape index (κ2) is 8.97. The number of aliphatic hydroxyl groups is 1. The van der Waals surface area contributed by atoms with Crippen LogP contribution in [-0.4, -0.2) is 32.0 Å². The number of rotatable bonds is 7. The minimum atomic E-state index is -0.221. The fraction of sp³-hybridized carbons (Fsp3) is 0.208. The summed E-state index contributed by atoms with van der Waals surface area (Å²) in [6.07, 6.45) is 4.49. The minimum Gasteiger partial charge on any atom is -0.392 e. The summed E-state index contributed by atoms with van der Waals surface area (Å²) in [6.45, 7) is 4.10. The third-order valence-corrected chi connectivity index (χ3v) is 5.26. The third kappa shape index (κ3) is 4.57. The minimum absolute atomic E-state index is 0.105. The second-order valence-electron chi connectivity index (χ2n) is 7.49. The molecule has 0 radical (unpaired) electrons. The molecule has 2 aromatic heterocycles. The lowest BCUT2D eigenvalue weighted by Gasteiger charge is -2.13. The largest absolute Gasteiger partial charge is 0.392 e. The molecule has 0 saturated carbocycles. The van der Waals surface area contributed by atoms with Crippen LogP contribution in [0.2, 0.25) is 0 Å². The van der Waals surface area contributed by atoms with E-state index in [1.165, 1.54) is 0 Å². The topological polar surface area (TPSA) is 103 Å². The molecule has 1 amide bonds. The number of carbonyl (C=O) groups excluding carboxylic acids is 1. The monoisotopic (exact) mass is 415 g/mol. The summed E-state index contributed by atoms with van der Waals surface area (Å²) in [5.41, 5.74) is 4.50. The van der Waals surface area contributed by atoms with Crippen molar-refractivity contribution in [2.45, 2.75) is 32.9 Å². The van der Waals surface area contributed by atoms with E-state index in [1.807, 2.05) is 30.3 Å². The number of amides is 1. The molecule has 0 aliphatic carbocycles. The molecule has 7 nitrogen and oxygen atoms in total. The van der Waals surface area contributed by atoms with Crippen LogP contribution in [0.3, 0.4) is 0 Å². The van der Waals surface area contributed by atoms with Crippen LogP contribution in [0.5, 0.6) is 0 Å². The van der Waals surface area contributed by atoms with E-state index in [0.717, 1.165) is 34.0 Å². The number of fused-ring (bicyclic) bond motifs is 1. The van der Waals surface area contributed by atoms with Gasteiger partial charge < -0.3 is 20.7 Å². The molecule has 0 spiro atoms. The molecule has 0 fully saturated rings. The van der Waals surface area contributed by atoms with E-state index < -0.39 is 0 Å². The van der Waals surface area contributed by atoms with Crippen LogP contribution >= 0.6 is 0 Å². The average Bonchev–Trinajstić information content (AvgIpc) is 3.34. The fourth-order valence-corrected chi connectivity index (χ4v) is 3.32. The Bertz CT molecular complexity index is 1200. The summed E-state index contributed by atoms with van der Waals surface area (Å²) in [6, 6.07) is 15.2. The zero-order valence-electron chi connectivity index (χ0n) is 17.5. The van der Waals surface area contributed by atoms with Gasteiger partial charge in [0.25, 0.3) is 5.91 Å². The zero-order valence-corrected chi connectivity index (χ0v) is 17.5. The fourth-order valence-electron chi connectivity index (χ4n) is 3.32. The molecule has 31 heavy (non-hydrogen) atoms. The lowest BCUT2D eigenvalue weighted by Crippen LogP contribution is -2.15. The molecule has 0 unspecified atom stereocenters. The van der Waals surface area contributed by atoms with E-state index in [2.05, 4.69) is 39.4 Å². The first-order valence-corrected chi connectivity index (χ1v) is 10.3. The Morgan fingerprint density at radius 2 is 2.06 bits per heavy atom. The van der Waals surface area contributed by atoms with Crippen molar-refractivity contribution in [2.24, 2.45) is 0 Å². The molecule has 0 bridgehead atoms. The molecule has 4 aromatic rings. The number of anilines is 2. The van der Waals surface area contributed by atoms with E-state index in [0.29, 0.717) is 23.4 Å². The van der Waals surface area contributed by atoms with Gasteiger partial charge in [0.05, 0.1) is 12.1 Å². The summed E-state index contributed by atoms with van der Waals surface area (Å²) < 4.78 is 0. The van der Waals surface area contributed by atoms with E-state index in [9.17, 15) is 9.90 Å². The summed E-state index contributed by atoms with van der Waals surface area (Å²) in [7, 11) is 0. The molecule has 158 valence electrons. The van der Waals surface area contributed by atoms with Crippen LogP contribution in [0.4, 0.5) is 11.6 Å². The maximum atomic E-state index is 12.4. The molecule has 7 heteroatoms. The number of aromatic nitrogens is 3. The molecule has 2 aromatic carbocycles. The van der Waals surface area contributed by atoms with Crippen molar-refractivity contribution in [1.82, 2.24) is 15.0 Å². The van der Waals surface area contributed by atoms with Crippen molar-refractivity contribution in [3.05, 3.63) is 72.2 Å². The summed E-state index contributed by atoms with van der Waals surface area (Å²) >= 11 is 0. The highest BCUT2D eigenvalue weighted by atomic mass is 16.3. The first-order chi connectivity index (χ1) is 15.1. The van der Waals surface area contributed by atoms with Gasteiger partial charge in [0.2, 0.25) is 5.95 Å². The summed E-state index contributed by atoms with van der Waals surface area (Å²) in [4.78, 5) is 24.3. The molecule has 4 N–H and O–H groups in total. The molecule has 0 aliphatic heterocycles. The van der Waals surface area contributed by atoms with Gasteiger partial charge in [0.1, 0.15) is 5.69 Å². The maximum absolute atomic E-state index is 12.4. The van der Waals surface area contributed by atoms with E-state index in [-0.39, 0.29) is 12.5 Å². The highest BCUT2D eigenvalue weighted by Crippen LogP contribution is 2.30. The number of hydrogen-bond donors (Lipinski definition) is 4. The predicted molar refractivity (Wildman–Crippen MR) is 123 cm³/mol. The van der Waals surface area contributed by atoms with Gasteiger partial charge in [-0.05, 0) is 66.4 Å². The van der Waals surface area contributed by atoms with Gasteiger partial charge in [-0.3, -0.25) is 4.79 Å². The lowest BCUT2D eigenvalue weighted by atomic mass is 9.98. The molecular formula is C24H25N5O2. The first kappa shape index (κ1) is 20.6. The molecule has 0 aliphatic rings. The van der Waals surface area contributed by atoms with Crippen LogP contribution in [0.25, 0.3) is 22.0 Å². The molecule has 4 rings (SSSR count). The zero-order chi connectivity index (χ0) is 21.8. The highest BCUT2D eigenvalue weighted by molar-refractivity contribution is 6.03. The predicted octanol–water partition coefficient (Wildman–Crippen LogP) is 4.58. The summed E-state index contributed by atoms with van der Waals surface area (Å²) in [5, 5.41) is 16.9. The molecule has 0 saturated heterocycles. The average molecular weight is 415 g/mol. The van der Waals surface area contributed by atoms with Gasteiger partial charge in [-0.1, -0.05) is 19.1 Å². The van der Waals surface area contributed by atoms with Gasteiger partial charge >= 0.3 is 0 Å². The van der Waals surface area contributed by atoms with E-state index >= 15 is 0 Å². The van der Waals surface area contributed by atoms with Crippen molar-refractivity contribution in [2.75, 3.05) is 10.6 Å². The highest BCUT2D eigenvalue weighted by Gasteiger charge is 2.11. The SMILES string of the molecule is CC[C@H](C)Nc1ncc2cc(-c3cc(NC(=O)c4ccc[nH]4)ccc3CO)ccc2n1. The number of carbonyl (C=O) groups is 1. The van der Waals surface area contributed by atoms with Crippen LogP contribution < -0.4 is 10.6 Å². The Kier molecular flexibility index (Phi) is 5.95. The van der Waals surface area contributed by atoms with E-state index in [1.54, 1.807) is 30.6 Å². The molecular weight excluding hydrogens is 390 g/mol. The van der Waals surface area contributed by atoms with Gasteiger partial charge in [0.15, 0.2) is 0 Å². The Morgan fingerprint density at radius 1 is 1.19 bits per heavy atom. The number of aromatic amines is 1. The van der Waals surface area contributed by atoms with Crippen molar-refractivity contribution in [3.63, 3.8) is 0 Å². The number of aliphatic hydroxyl groups excluding tert-OH is 1. The Morgan fingerprint density at radius 3 is 2.81 bits per heavy atom. The maximum Gasteiger partial charge on any atom is 0.272 e. The van der Waals surface area contributed by atoms with E-state index in [4.69, 9.17) is 0 Å². The van der Waals surface area contributed by atoms with Gasteiger partial charge in [-0.15, -0.1) is 0 Å². The van der Waals surface area contributed by atoms with Crippen LogP contribution in [0, 0.1) is 0 Å². The Hall–Kier alpha value is -3.71. The molecule has 1 atom stereocenters. The Balaban J connectivity index is 1.65. The van der Waals surface area contributed by atoms with Crippen LogP contribution in [-0.2, 0) is 6.61 Å². The molecule has 2 heterocycles. The smallest absolute Gasteiger partial charge is 0.272 e. The van der Waals surface area contributed by atoms with Crippen molar-refractivity contribution in [1.29, 1.82) is 0 Å². The van der Waals surface area contributed by atoms with Crippen molar-refractivity contribution >= 4 is 28.4 Å². The number of H-pyrrole nitrogens is 1. The van der Waals surface area contributed by atoms with Crippen molar-refractivity contribution < 1.29 is 9.90 Å². The lowest BCUT2D eigenvalue weighted by molar-refractivity contribution is 0.102.